The van der Waals surface area contributed by atoms with Gasteiger partial charge in [0, 0.05) is 31.6 Å². The van der Waals surface area contributed by atoms with Crippen LogP contribution in [0.4, 0.5) is 5.69 Å². The molecule has 2 aromatic carbocycles. The zero-order valence-electron chi connectivity index (χ0n) is 10.3. The zero-order valence-corrected chi connectivity index (χ0v) is 13.5. The van der Waals surface area contributed by atoms with Crippen LogP contribution >= 0.6 is 31.9 Å². The van der Waals surface area contributed by atoms with Crippen LogP contribution in [0.15, 0.2) is 57.6 Å². The van der Waals surface area contributed by atoms with Crippen LogP contribution < -0.4 is 5.32 Å². The smallest absolute Gasteiger partial charge is 0.256 e. The van der Waals surface area contributed by atoms with E-state index in [4.69, 9.17) is 0 Å². The number of halogens is 2. The summed E-state index contributed by atoms with van der Waals surface area (Å²) in [4.78, 5) is 15.6. The van der Waals surface area contributed by atoms with Crippen LogP contribution in [0.5, 0.6) is 0 Å². The second-order valence-corrected chi connectivity index (χ2v) is 6.00. The number of carbonyl (C=O) groups excluding carboxylic acids is 1. The average Bonchev–Trinajstić information content (AvgIpc) is 2.91. The predicted octanol–water partition coefficient (Wildman–Crippen LogP) is 4.95. The number of hydrogen-bond donors (Lipinski definition) is 2. The van der Waals surface area contributed by atoms with E-state index >= 15 is 0 Å². The molecule has 0 aliphatic rings. The topological polar surface area (TPSA) is 44.9 Å². The van der Waals surface area contributed by atoms with Gasteiger partial charge in [0.15, 0.2) is 0 Å². The molecule has 0 aliphatic carbocycles. The van der Waals surface area contributed by atoms with Crippen molar-refractivity contribution in [3.05, 3.63) is 63.2 Å². The normalized spacial score (nSPS) is 10.7. The van der Waals surface area contributed by atoms with Crippen LogP contribution in [0, 0.1) is 0 Å². The molecule has 3 rings (SSSR count). The Morgan fingerprint density at radius 1 is 1.00 bits per heavy atom. The van der Waals surface area contributed by atoms with Crippen molar-refractivity contribution in [2.24, 2.45) is 0 Å². The molecule has 0 unspecified atom stereocenters. The summed E-state index contributed by atoms with van der Waals surface area (Å²) < 4.78 is 1.67. The molecule has 1 heterocycles. The summed E-state index contributed by atoms with van der Waals surface area (Å²) >= 11 is 6.88. The van der Waals surface area contributed by atoms with Gasteiger partial charge in [-0.2, -0.15) is 0 Å². The van der Waals surface area contributed by atoms with Gasteiger partial charge in [-0.3, -0.25) is 4.79 Å². The zero-order chi connectivity index (χ0) is 14.1. The van der Waals surface area contributed by atoms with Crippen molar-refractivity contribution < 1.29 is 4.79 Å². The number of aromatic nitrogens is 1. The molecule has 1 amide bonds. The first kappa shape index (κ1) is 13.4. The van der Waals surface area contributed by atoms with Gasteiger partial charge in [0.25, 0.3) is 5.91 Å². The Labute approximate surface area is 132 Å². The van der Waals surface area contributed by atoms with Crippen LogP contribution in [-0.2, 0) is 0 Å². The van der Waals surface area contributed by atoms with E-state index in [2.05, 4.69) is 42.2 Å². The molecular formula is C15H10Br2N2O. The second kappa shape index (κ2) is 5.42. The summed E-state index contributed by atoms with van der Waals surface area (Å²) in [6, 6.07) is 13.2. The minimum absolute atomic E-state index is 0.136. The second-order valence-electron chi connectivity index (χ2n) is 4.30. The Hall–Kier alpha value is -1.59. The molecule has 0 aliphatic heterocycles. The maximum absolute atomic E-state index is 12.5. The third kappa shape index (κ3) is 2.39. The molecule has 20 heavy (non-hydrogen) atoms. The Kier molecular flexibility index (Phi) is 3.63. The third-order valence-electron chi connectivity index (χ3n) is 3.04. The van der Waals surface area contributed by atoms with E-state index in [-0.39, 0.29) is 5.91 Å². The lowest BCUT2D eigenvalue weighted by Gasteiger charge is -2.10. The molecule has 0 radical (unpaired) electrons. The molecule has 3 aromatic rings. The highest BCUT2D eigenvalue weighted by atomic mass is 79.9. The van der Waals surface area contributed by atoms with E-state index < -0.39 is 0 Å². The van der Waals surface area contributed by atoms with E-state index in [0.29, 0.717) is 5.56 Å². The van der Waals surface area contributed by atoms with Crippen molar-refractivity contribution in [1.82, 2.24) is 4.98 Å². The number of hydrogen-bond acceptors (Lipinski definition) is 1. The number of rotatable bonds is 2. The lowest BCUT2D eigenvalue weighted by molar-refractivity contribution is 0.102. The van der Waals surface area contributed by atoms with E-state index in [9.17, 15) is 4.79 Å². The molecule has 0 atom stereocenters. The number of para-hydroxylation sites is 1. The van der Waals surface area contributed by atoms with Crippen LogP contribution in [-0.4, -0.2) is 10.9 Å². The van der Waals surface area contributed by atoms with Crippen LogP contribution in [0.1, 0.15) is 10.4 Å². The first-order chi connectivity index (χ1) is 9.66. The highest BCUT2D eigenvalue weighted by Gasteiger charge is 2.13. The quantitative estimate of drug-likeness (QED) is 0.635. The number of nitrogens with one attached hydrogen (secondary N) is 2. The summed E-state index contributed by atoms with van der Waals surface area (Å²) in [6.45, 7) is 0. The van der Waals surface area contributed by atoms with Gasteiger partial charge >= 0.3 is 0 Å². The largest absolute Gasteiger partial charge is 0.361 e. The Balaban J connectivity index is 2.00. The van der Waals surface area contributed by atoms with Crippen molar-refractivity contribution in [2.45, 2.75) is 0 Å². The van der Waals surface area contributed by atoms with Gasteiger partial charge < -0.3 is 10.3 Å². The van der Waals surface area contributed by atoms with Crippen molar-refractivity contribution >= 4 is 54.4 Å². The highest BCUT2D eigenvalue weighted by Crippen LogP contribution is 2.31. The standard InChI is InChI=1S/C15H10Br2N2O/c16-11-4-2-5-12(17)14(11)19-15(20)10-3-1-6-13-9(10)7-8-18-13/h1-8,18H,(H,19,20). The minimum atomic E-state index is -0.136. The van der Waals surface area contributed by atoms with Crippen LogP contribution in [0.25, 0.3) is 10.9 Å². The van der Waals surface area contributed by atoms with Gasteiger partial charge in [0.1, 0.15) is 0 Å². The first-order valence-corrected chi connectivity index (χ1v) is 7.57. The average molecular weight is 394 g/mol. The summed E-state index contributed by atoms with van der Waals surface area (Å²) in [5, 5.41) is 3.84. The van der Waals surface area contributed by atoms with E-state index in [1.807, 2.05) is 48.7 Å². The Morgan fingerprint density at radius 3 is 2.45 bits per heavy atom. The molecule has 0 spiro atoms. The third-order valence-corrected chi connectivity index (χ3v) is 4.36. The molecule has 0 bridgehead atoms. The summed E-state index contributed by atoms with van der Waals surface area (Å²) in [6.07, 6.45) is 1.83. The van der Waals surface area contributed by atoms with E-state index in [1.54, 1.807) is 0 Å². The number of aromatic amines is 1. The maximum atomic E-state index is 12.5. The fourth-order valence-electron chi connectivity index (χ4n) is 2.08. The molecule has 0 fully saturated rings. The van der Waals surface area contributed by atoms with Gasteiger partial charge in [0.2, 0.25) is 0 Å². The van der Waals surface area contributed by atoms with Crippen LogP contribution in [0.3, 0.4) is 0 Å². The number of anilines is 1. The van der Waals surface area contributed by atoms with Crippen molar-refractivity contribution in [3.63, 3.8) is 0 Å². The van der Waals surface area contributed by atoms with E-state index in [1.165, 1.54) is 0 Å². The number of benzene rings is 2. The molecule has 2 N–H and O–H groups in total. The number of fused-ring (bicyclic) bond motifs is 1. The number of H-pyrrole nitrogens is 1. The summed E-state index contributed by atoms with van der Waals surface area (Å²) in [5.41, 5.74) is 2.32. The lowest BCUT2D eigenvalue weighted by atomic mass is 10.1. The molecule has 0 saturated carbocycles. The molecule has 1 aromatic heterocycles. The number of amides is 1. The van der Waals surface area contributed by atoms with Crippen molar-refractivity contribution in [1.29, 1.82) is 0 Å². The van der Waals surface area contributed by atoms with Crippen molar-refractivity contribution in [3.8, 4) is 0 Å². The van der Waals surface area contributed by atoms with Gasteiger partial charge in [-0.1, -0.05) is 12.1 Å². The SMILES string of the molecule is O=C(Nc1c(Br)cccc1Br)c1cccc2[nH]ccc12. The van der Waals surface area contributed by atoms with Crippen molar-refractivity contribution in [2.75, 3.05) is 5.32 Å². The predicted molar refractivity (Wildman–Crippen MR) is 88.1 cm³/mol. The minimum Gasteiger partial charge on any atom is -0.361 e. The summed E-state index contributed by atoms with van der Waals surface area (Å²) in [5.74, 6) is -0.136. The van der Waals surface area contributed by atoms with Crippen LogP contribution in [0.2, 0.25) is 0 Å². The highest BCUT2D eigenvalue weighted by molar-refractivity contribution is 9.11. The lowest BCUT2D eigenvalue weighted by Crippen LogP contribution is -2.13. The number of carbonyl (C=O) groups is 1. The molecule has 0 saturated heterocycles. The Bertz CT molecular complexity index is 775. The fraction of sp³-hybridized carbons (Fsp3) is 0. The van der Waals surface area contributed by atoms with Gasteiger partial charge in [-0.05, 0) is 62.2 Å². The first-order valence-electron chi connectivity index (χ1n) is 5.98. The summed E-state index contributed by atoms with van der Waals surface area (Å²) in [7, 11) is 0. The van der Waals surface area contributed by atoms with Gasteiger partial charge in [-0.25, -0.2) is 0 Å². The molecule has 100 valence electrons. The van der Waals surface area contributed by atoms with Gasteiger partial charge in [-0.15, -0.1) is 0 Å². The Morgan fingerprint density at radius 2 is 1.70 bits per heavy atom. The fourth-order valence-corrected chi connectivity index (χ4v) is 3.28. The maximum Gasteiger partial charge on any atom is 0.256 e. The van der Waals surface area contributed by atoms with E-state index in [0.717, 1.165) is 25.5 Å². The molecule has 3 nitrogen and oxygen atoms in total. The molecule has 5 heteroatoms. The monoisotopic (exact) mass is 392 g/mol. The molecular weight excluding hydrogens is 384 g/mol. The van der Waals surface area contributed by atoms with Gasteiger partial charge in [0.05, 0.1) is 5.69 Å².